The van der Waals surface area contributed by atoms with Crippen LogP contribution in [-0.2, 0) is 16.0 Å². The number of hydrogen-bond donors (Lipinski definition) is 2. The third-order valence-corrected chi connectivity index (χ3v) is 2.96. The Kier molecular flexibility index (Phi) is 11.0. The summed E-state index contributed by atoms with van der Waals surface area (Å²) in [7, 11) is 1.71. The van der Waals surface area contributed by atoms with Crippen molar-refractivity contribution in [1.82, 2.24) is 20.2 Å². The zero-order valence-electron chi connectivity index (χ0n) is 13.8. The summed E-state index contributed by atoms with van der Waals surface area (Å²) < 4.78 is 12.4. The number of hydrogen-bond acceptors (Lipinski definition) is 4. The van der Waals surface area contributed by atoms with Crippen molar-refractivity contribution in [3.63, 3.8) is 0 Å². The van der Waals surface area contributed by atoms with Gasteiger partial charge in [0.25, 0.3) is 0 Å². The van der Waals surface area contributed by atoms with Crippen LogP contribution >= 0.6 is 0 Å². The number of aromatic nitrogens is 2. The number of aliphatic imine (C=N–C) groups is 1. The Hall–Kier alpha value is -1.60. The normalized spacial score (nSPS) is 11.6. The van der Waals surface area contributed by atoms with Gasteiger partial charge in [0.1, 0.15) is 0 Å². The molecular formula is C15H29N5O2. The van der Waals surface area contributed by atoms with Gasteiger partial charge in [-0.05, 0) is 19.8 Å². The van der Waals surface area contributed by atoms with Gasteiger partial charge in [0.05, 0.1) is 6.33 Å². The van der Waals surface area contributed by atoms with Gasteiger partial charge in [0, 0.05) is 65.5 Å². The van der Waals surface area contributed by atoms with Crippen LogP contribution in [0.15, 0.2) is 23.7 Å². The highest BCUT2D eigenvalue weighted by Gasteiger charge is 1.98. The van der Waals surface area contributed by atoms with Gasteiger partial charge in [-0.15, -0.1) is 0 Å². The van der Waals surface area contributed by atoms with Gasteiger partial charge in [-0.3, -0.25) is 4.99 Å². The summed E-state index contributed by atoms with van der Waals surface area (Å²) in [6.45, 7) is 7.54. The predicted molar refractivity (Wildman–Crippen MR) is 88.1 cm³/mol. The van der Waals surface area contributed by atoms with Gasteiger partial charge in [-0.25, -0.2) is 4.98 Å². The topological polar surface area (TPSA) is 72.7 Å². The molecule has 0 saturated heterocycles. The first-order chi connectivity index (χ1) is 10.9. The zero-order chi connectivity index (χ0) is 15.9. The molecule has 0 bridgehead atoms. The third-order valence-electron chi connectivity index (χ3n) is 2.96. The summed E-state index contributed by atoms with van der Waals surface area (Å²) in [6, 6.07) is 0. The molecule has 0 unspecified atom stereocenters. The van der Waals surface area contributed by atoms with Crippen LogP contribution in [0.25, 0.3) is 0 Å². The van der Waals surface area contributed by atoms with E-state index in [0.29, 0.717) is 0 Å². The highest BCUT2D eigenvalue weighted by atomic mass is 16.5. The van der Waals surface area contributed by atoms with Crippen molar-refractivity contribution in [1.29, 1.82) is 0 Å². The van der Waals surface area contributed by atoms with Gasteiger partial charge in [0.2, 0.25) is 0 Å². The van der Waals surface area contributed by atoms with Crippen molar-refractivity contribution < 1.29 is 9.47 Å². The molecule has 1 aromatic heterocycles. The first-order valence-electron chi connectivity index (χ1n) is 7.91. The van der Waals surface area contributed by atoms with E-state index in [2.05, 4.69) is 20.6 Å². The minimum absolute atomic E-state index is 0.732. The van der Waals surface area contributed by atoms with E-state index in [-0.39, 0.29) is 0 Å². The molecule has 126 valence electrons. The predicted octanol–water partition coefficient (Wildman–Crippen LogP) is 0.881. The molecule has 7 heteroatoms. The van der Waals surface area contributed by atoms with E-state index in [1.165, 1.54) is 0 Å². The summed E-state index contributed by atoms with van der Waals surface area (Å²) in [5, 5.41) is 6.66. The lowest BCUT2D eigenvalue weighted by molar-refractivity contribution is 0.145. The fraction of sp³-hybridized carbons (Fsp3) is 0.733. The van der Waals surface area contributed by atoms with Crippen LogP contribution in [0.4, 0.5) is 0 Å². The van der Waals surface area contributed by atoms with E-state index in [1.807, 2.05) is 24.0 Å². The second-order valence-corrected chi connectivity index (χ2v) is 4.78. The Morgan fingerprint density at radius 1 is 1.23 bits per heavy atom. The average Bonchev–Trinajstić information content (AvgIpc) is 3.04. The van der Waals surface area contributed by atoms with Crippen molar-refractivity contribution in [2.75, 3.05) is 46.6 Å². The molecule has 22 heavy (non-hydrogen) atoms. The summed E-state index contributed by atoms with van der Waals surface area (Å²) in [4.78, 5) is 8.58. The van der Waals surface area contributed by atoms with Crippen LogP contribution in [0.2, 0.25) is 0 Å². The molecule has 2 N–H and O–H groups in total. The molecule has 0 fully saturated rings. The number of nitrogens with one attached hydrogen (secondary N) is 2. The second-order valence-electron chi connectivity index (χ2n) is 4.78. The van der Waals surface area contributed by atoms with Gasteiger partial charge in [-0.2, -0.15) is 0 Å². The Bertz CT molecular complexity index is 381. The lowest BCUT2D eigenvalue weighted by atomic mass is 10.4. The minimum Gasteiger partial charge on any atom is -0.385 e. The lowest BCUT2D eigenvalue weighted by Gasteiger charge is -2.13. The molecule has 0 aliphatic rings. The molecule has 1 rings (SSSR count). The number of methoxy groups -OCH3 is 1. The molecule has 0 amide bonds. The van der Waals surface area contributed by atoms with E-state index in [0.717, 1.165) is 64.8 Å². The van der Waals surface area contributed by atoms with Crippen molar-refractivity contribution in [2.45, 2.75) is 26.3 Å². The SMILES string of the molecule is CCOCCCNC(=NCCCOC)NCCn1ccnc1. The van der Waals surface area contributed by atoms with Crippen LogP contribution in [0, 0.1) is 0 Å². The third kappa shape index (κ3) is 9.36. The quantitative estimate of drug-likeness (QED) is 0.341. The van der Waals surface area contributed by atoms with Gasteiger partial charge in [0.15, 0.2) is 5.96 Å². The number of guanidine groups is 1. The molecule has 0 aromatic carbocycles. The fourth-order valence-corrected chi connectivity index (χ4v) is 1.82. The van der Waals surface area contributed by atoms with E-state index in [4.69, 9.17) is 9.47 Å². The number of ether oxygens (including phenoxy) is 2. The van der Waals surface area contributed by atoms with Crippen LogP contribution in [-0.4, -0.2) is 62.1 Å². The molecule has 0 atom stereocenters. The second kappa shape index (κ2) is 13.1. The summed E-state index contributed by atoms with van der Waals surface area (Å²) in [5.41, 5.74) is 0. The molecule has 0 radical (unpaired) electrons. The number of imidazole rings is 1. The van der Waals surface area contributed by atoms with Crippen molar-refractivity contribution in [3.05, 3.63) is 18.7 Å². The number of rotatable bonds is 12. The Labute approximate surface area is 133 Å². The van der Waals surface area contributed by atoms with E-state index >= 15 is 0 Å². The highest BCUT2D eigenvalue weighted by Crippen LogP contribution is 1.87. The Morgan fingerprint density at radius 3 is 2.82 bits per heavy atom. The fourth-order valence-electron chi connectivity index (χ4n) is 1.82. The van der Waals surface area contributed by atoms with E-state index < -0.39 is 0 Å². The molecule has 1 aromatic rings. The Balaban J connectivity index is 2.25. The standard InChI is InChI=1S/C15H29N5O2/c1-3-22-13-5-7-18-15(17-6-4-12-21-2)19-9-11-20-10-8-16-14-20/h8,10,14H,3-7,9,11-13H2,1-2H3,(H2,17,18,19). The molecular weight excluding hydrogens is 282 g/mol. The van der Waals surface area contributed by atoms with Crippen LogP contribution < -0.4 is 10.6 Å². The maximum atomic E-state index is 5.33. The van der Waals surface area contributed by atoms with Crippen molar-refractivity contribution in [2.24, 2.45) is 4.99 Å². The molecule has 0 aliphatic heterocycles. The lowest BCUT2D eigenvalue weighted by Crippen LogP contribution is -2.39. The maximum absolute atomic E-state index is 5.33. The van der Waals surface area contributed by atoms with Gasteiger partial charge < -0.3 is 24.7 Å². The smallest absolute Gasteiger partial charge is 0.191 e. The van der Waals surface area contributed by atoms with Gasteiger partial charge in [-0.1, -0.05) is 0 Å². The average molecular weight is 311 g/mol. The molecule has 0 aliphatic carbocycles. The molecule has 0 saturated carbocycles. The summed E-state index contributed by atoms with van der Waals surface area (Å²) in [5.74, 6) is 0.840. The maximum Gasteiger partial charge on any atom is 0.191 e. The largest absolute Gasteiger partial charge is 0.385 e. The zero-order valence-corrected chi connectivity index (χ0v) is 13.8. The molecule has 1 heterocycles. The van der Waals surface area contributed by atoms with E-state index in [9.17, 15) is 0 Å². The molecule has 7 nitrogen and oxygen atoms in total. The first kappa shape index (κ1) is 18.4. The van der Waals surface area contributed by atoms with Crippen LogP contribution in [0.3, 0.4) is 0 Å². The Morgan fingerprint density at radius 2 is 2.09 bits per heavy atom. The van der Waals surface area contributed by atoms with E-state index in [1.54, 1.807) is 13.3 Å². The number of nitrogens with zero attached hydrogens (tertiary/aromatic N) is 3. The van der Waals surface area contributed by atoms with Crippen molar-refractivity contribution >= 4 is 5.96 Å². The summed E-state index contributed by atoms with van der Waals surface area (Å²) >= 11 is 0. The highest BCUT2D eigenvalue weighted by molar-refractivity contribution is 5.79. The monoisotopic (exact) mass is 311 g/mol. The van der Waals surface area contributed by atoms with Gasteiger partial charge >= 0.3 is 0 Å². The van der Waals surface area contributed by atoms with Crippen molar-refractivity contribution in [3.8, 4) is 0 Å². The molecule has 0 spiro atoms. The minimum atomic E-state index is 0.732. The first-order valence-corrected chi connectivity index (χ1v) is 7.91. The summed E-state index contributed by atoms with van der Waals surface area (Å²) in [6.07, 6.45) is 7.43. The van der Waals surface area contributed by atoms with Crippen LogP contribution in [0.1, 0.15) is 19.8 Å². The van der Waals surface area contributed by atoms with Crippen LogP contribution in [0.5, 0.6) is 0 Å².